The Morgan fingerprint density at radius 1 is 1.24 bits per heavy atom. The SMILES string of the molecule is COc1ccc(C(=O)C2CCN(c3cnn(C)c(=O)c3Br)CC2)cc1. The third kappa shape index (κ3) is 3.61. The highest BCUT2D eigenvalue weighted by Gasteiger charge is 2.27. The minimum atomic E-state index is -0.158. The van der Waals surface area contributed by atoms with Gasteiger partial charge in [0, 0.05) is 31.6 Å². The van der Waals surface area contributed by atoms with E-state index in [4.69, 9.17) is 4.74 Å². The largest absolute Gasteiger partial charge is 0.497 e. The van der Waals surface area contributed by atoms with Gasteiger partial charge in [0.25, 0.3) is 5.56 Å². The highest BCUT2D eigenvalue weighted by atomic mass is 79.9. The van der Waals surface area contributed by atoms with E-state index >= 15 is 0 Å². The maximum absolute atomic E-state index is 12.7. The van der Waals surface area contributed by atoms with Crippen molar-refractivity contribution in [2.45, 2.75) is 12.8 Å². The van der Waals surface area contributed by atoms with Gasteiger partial charge in [-0.15, -0.1) is 0 Å². The van der Waals surface area contributed by atoms with Crippen molar-refractivity contribution in [2.24, 2.45) is 13.0 Å². The number of hydrogen-bond donors (Lipinski definition) is 0. The van der Waals surface area contributed by atoms with Crippen molar-refractivity contribution in [1.29, 1.82) is 0 Å². The first-order valence-corrected chi connectivity index (χ1v) is 8.95. The molecule has 1 aliphatic heterocycles. The van der Waals surface area contributed by atoms with E-state index in [0.717, 1.165) is 42.9 Å². The van der Waals surface area contributed by atoms with Gasteiger partial charge < -0.3 is 9.64 Å². The van der Waals surface area contributed by atoms with E-state index in [9.17, 15) is 9.59 Å². The van der Waals surface area contributed by atoms with E-state index in [2.05, 4.69) is 25.9 Å². The summed E-state index contributed by atoms with van der Waals surface area (Å²) in [6.45, 7) is 1.44. The van der Waals surface area contributed by atoms with Gasteiger partial charge >= 0.3 is 0 Å². The number of carbonyl (C=O) groups excluding carboxylic acids is 1. The van der Waals surface area contributed by atoms with Crippen molar-refractivity contribution in [2.75, 3.05) is 25.1 Å². The van der Waals surface area contributed by atoms with Crippen molar-refractivity contribution < 1.29 is 9.53 Å². The zero-order valence-corrected chi connectivity index (χ0v) is 15.8. The van der Waals surface area contributed by atoms with E-state index in [1.807, 2.05) is 24.3 Å². The van der Waals surface area contributed by atoms with Gasteiger partial charge in [-0.25, -0.2) is 4.68 Å². The lowest BCUT2D eigenvalue weighted by molar-refractivity contribution is 0.0900. The van der Waals surface area contributed by atoms with Gasteiger partial charge in [-0.1, -0.05) is 0 Å². The Bertz CT molecular complexity index is 824. The minimum Gasteiger partial charge on any atom is -0.497 e. The molecular formula is C18H20BrN3O3. The molecule has 0 atom stereocenters. The quantitative estimate of drug-likeness (QED) is 0.731. The van der Waals surface area contributed by atoms with Crippen molar-refractivity contribution in [1.82, 2.24) is 9.78 Å². The predicted octanol–water partition coefficient (Wildman–Crippen LogP) is 2.65. The van der Waals surface area contributed by atoms with Gasteiger partial charge in [0.15, 0.2) is 5.78 Å². The third-order valence-electron chi connectivity index (χ3n) is 4.64. The molecule has 0 bridgehead atoms. The first kappa shape index (κ1) is 17.7. The van der Waals surface area contributed by atoms with Crippen LogP contribution in [0.15, 0.2) is 39.7 Å². The standard InChI is InChI=1S/C18H20BrN3O3/c1-21-18(24)16(19)15(11-20-21)22-9-7-13(8-10-22)17(23)12-3-5-14(25-2)6-4-12/h3-6,11,13H,7-10H2,1-2H3. The van der Waals surface area contributed by atoms with Crippen molar-refractivity contribution in [3.8, 4) is 5.75 Å². The molecule has 0 N–H and O–H groups in total. The number of aromatic nitrogens is 2. The van der Waals surface area contributed by atoms with Gasteiger partial charge in [-0.05, 0) is 53.0 Å². The highest BCUT2D eigenvalue weighted by molar-refractivity contribution is 9.10. The normalized spacial score (nSPS) is 15.2. The van der Waals surface area contributed by atoms with Crippen LogP contribution in [0, 0.1) is 5.92 Å². The molecule has 0 spiro atoms. The number of aryl methyl sites for hydroxylation is 1. The average Bonchev–Trinajstić information content (AvgIpc) is 2.66. The Morgan fingerprint density at radius 3 is 2.48 bits per heavy atom. The molecule has 0 saturated carbocycles. The number of rotatable bonds is 4. The number of piperidine rings is 1. The van der Waals surface area contributed by atoms with E-state index in [-0.39, 0.29) is 17.3 Å². The molecule has 0 radical (unpaired) electrons. The second-order valence-electron chi connectivity index (χ2n) is 6.13. The van der Waals surface area contributed by atoms with E-state index < -0.39 is 0 Å². The first-order chi connectivity index (χ1) is 12.0. The molecule has 1 aromatic carbocycles. The van der Waals surface area contributed by atoms with Crippen molar-refractivity contribution in [3.63, 3.8) is 0 Å². The van der Waals surface area contributed by atoms with Crippen LogP contribution in [0.25, 0.3) is 0 Å². The average molecular weight is 406 g/mol. The number of halogens is 1. The Balaban J connectivity index is 1.68. The highest BCUT2D eigenvalue weighted by Crippen LogP contribution is 2.29. The molecule has 0 aliphatic carbocycles. The van der Waals surface area contributed by atoms with Crippen LogP contribution in [0.5, 0.6) is 5.75 Å². The summed E-state index contributed by atoms with van der Waals surface area (Å²) in [5, 5.41) is 4.09. The fourth-order valence-electron chi connectivity index (χ4n) is 3.10. The molecule has 1 fully saturated rings. The Morgan fingerprint density at radius 2 is 1.88 bits per heavy atom. The monoisotopic (exact) mass is 405 g/mol. The Labute approximate surface area is 154 Å². The molecule has 7 heteroatoms. The van der Waals surface area contributed by atoms with Crippen molar-refractivity contribution >= 4 is 27.4 Å². The van der Waals surface area contributed by atoms with Crippen LogP contribution in [-0.2, 0) is 7.05 Å². The van der Waals surface area contributed by atoms with Gasteiger partial charge in [-0.3, -0.25) is 9.59 Å². The number of ketones is 1. The molecular weight excluding hydrogens is 386 g/mol. The number of Topliss-reactive ketones (excluding diaryl/α,β-unsaturated/α-hetero) is 1. The molecule has 3 rings (SSSR count). The van der Waals surface area contributed by atoms with Crippen LogP contribution in [-0.4, -0.2) is 35.8 Å². The van der Waals surface area contributed by atoms with Gasteiger partial charge in [0.1, 0.15) is 10.2 Å². The fourth-order valence-corrected chi connectivity index (χ4v) is 3.71. The summed E-state index contributed by atoms with van der Waals surface area (Å²) in [4.78, 5) is 26.8. The first-order valence-electron chi connectivity index (χ1n) is 8.16. The summed E-state index contributed by atoms with van der Waals surface area (Å²) in [6, 6.07) is 7.25. The fraction of sp³-hybridized carbons (Fsp3) is 0.389. The van der Waals surface area contributed by atoms with Gasteiger partial charge in [0.05, 0.1) is 19.0 Å². The molecule has 2 aromatic rings. The lowest BCUT2D eigenvalue weighted by Gasteiger charge is -2.33. The zero-order chi connectivity index (χ0) is 18.0. The minimum absolute atomic E-state index is 0.00271. The van der Waals surface area contributed by atoms with E-state index in [1.54, 1.807) is 20.4 Å². The van der Waals surface area contributed by atoms with E-state index in [0.29, 0.717) is 4.47 Å². The molecule has 1 saturated heterocycles. The van der Waals surface area contributed by atoms with Crippen LogP contribution in [0.4, 0.5) is 5.69 Å². The van der Waals surface area contributed by atoms with Crippen LogP contribution < -0.4 is 15.2 Å². The topological polar surface area (TPSA) is 64.4 Å². The number of methoxy groups -OCH3 is 1. The summed E-state index contributed by atoms with van der Waals surface area (Å²) in [5.41, 5.74) is 1.35. The second-order valence-corrected chi connectivity index (χ2v) is 6.92. The number of ether oxygens (including phenoxy) is 1. The van der Waals surface area contributed by atoms with E-state index in [1.165, 1.54) is 4.68 Å². The maximum Gasteiger partial charge on any atom is 0.282 e. The third-order valence-corrected chi connectivity index (χ3v) is 5.39. The molecule has 25 heavy (non-hydrogen) atoms. The van der Waals surface area contributed by atoms with Gasteiger partial charge in [0.2, 0.25) is 0 Å². The summed E-state index contributed by atoms with van der Waals surface area (Å²) in [5.74, 6) is 0.917. The van der Waals surface area contributed by atoms with Gasteiger partial charge in [-0.2, -0.15) is 5.10 Å². The smallest absolute Gasteiger partial charge is 0.282 e. The number of anilines is 1. The Hall–Kier alpha value is -2.15. The summed E-state index contributed by atoms with van der Waals surface area (Å²) >= 11 is 3.37. The van der Waals surface area contributed by atoms with Crippen LogP contribution in [0.1, 0.15) is 23.2 Å². The molecule has 132 valence electrons. The molecule has 1 aromatic heterocycles. The molecule has 6 nitrogen and oxygen atoms in total. The summed E-state index contributed by atoms with van der Waals surface area (Å²) < 4.78 is 6.95. The molecule has 2 heterocycles. The predicted molar refractivity (Wildman–Crippen MR) is 99.4 cm³/mol. The van der Waals surface area contributed by atoms with Crippen molar-refractivity contribution in [3.05, 3.63) is 50.9 Å². The number of benzene rings is 1. The number of carbonyl (C=O) groups is 1. The Kier molecular flexibility index (Phi) is 5.22. The zero-order valence-electron chi connectivity index (χ0n) is 14.2. The second kappa shape index (κ2) is 7.39. The summed E-state index contributed by atoms with van der Waals surface area (Å²) in [6.07, 6.45) is 3.20. The summed E-state index contributed by atoms with van der Waals surface area (Å²) in [7, 11) is 3.23. The number of hydrogen-bond acceptors (Lipinski definition) is 5. The van der Waals surface area contributed by atoms with Crippen LogP contribution >= 0.6 is 15.9 Å². The maximum atomic E-state index is 12.7. The number of nitrogens with zero attached hydrogens (tertiary/aromatic N) is 3. The lowest BCUT2D eigenvalue weighted by Crippen LogP contribution is -2.37. The molecule has 1 aliphatic rings. The lowest BCUT2D eigenvalue weighted by atomic mass is 9.88. The van der Waals surface area contributed by atoms with Crippen LogP contribution in [0.2, 0.25) is 0 Å². The molecule has 0 amide bonds. The van der Waals surface area contributed by atoms with Crippen LogP contribution in [0.3, 0.4) is 0 Å². The molecule has 0 unspecified atom stereocenters.